The lowest BCUT2D eigenvalue weighted by Gasteiger charge is -2.28. The molecule has 0 spiro atoms. The van der Waals surface area contributed by atoms with Crippen LogP contribution >= 0.6 is 23.5 Å². The first-order valence-electron chi connectivity index (χ1n) is 5.90. The average Bonchev–Trinajstić information content (AvgIpc) is 2.46. The van der Waals surface area contributed by atoms with Crippen LogP contribution in [0, 0.1) is 0 Å². The number of aromatic nitrogens is 2. The van der Waals surface area contributed by atoms with Gasteiger partial charge in [-0.15, -0.1) is 11.8 Å². The van der Waals surface area contributed by atoms with Crippen LogP contribution in [0.3, 0.4) is 0 Å². The van der Waals surface area contributed by atoms with Crippen LogP contribution in [0.5, 0.6) is 5.88 Å². The van der Waals surface area contributed by atoms with Crippen LogP contribution in [0.2, 0.25) is 0 Å². The first kappa shape index (κ1) is 13.7. The highest BCUT2D eigenvalue weighted by Gasteiger charge is 2.34. The molecule has 1 aromatic heterocycles. The monoisotopic (exact) mass is 284 g/mol. The lowest BCUT2D eigenvalue weighted by atomic mass is 10.1. The summed E-state index contributed by atoms with van der Waals surface area (Å²) in [6.45, 7) is 2.12. The number of rotatable bonds is 4. The molecule has 1 aliphatic rings. The van der Waals surface area contributed by atoms with Crippen LogP contribution in [0.15, 0.2) is 12.4 Å². The Morgan fingerprint density at radius 3 is 2.83 bits per heavy atom. The van der Waals surface area contributed by atoms with Crippen LogP contribution in [-0.2, 0) is 0 Å². The molecule has 2 rings (SSSR count). The molecule has 0 amide bonds. The predicted octanol–water partition coefficient (Wildman–Crippen LogP) is 2.30. The van der Waals surface area contributed by atoms with E-state index in [0.29, 0.717) is 16.8 Å². The van der Waals surface area contributed by atoms with Crippen LogP contribution in [0.1, 0.15) is 23.8 Å². The highest BCUT2D eigenvalue weighted by Crippen LogP contribution is 2.35. The van der Waals surface area contributed by atoms with E-state index in [2.05, 4.69) is 16.9 Å². The molecule has 1 saturated heterocycles. The molecule has 98 valence electrons. The maximum Gasteiger partial charge on any atom is 0.243 e. The smallest absolute Gasteiger partial charge is 0.243 e. The van der Waals surface area contributed by atoms with E-state index in [-0.39, 0.29) is 11.0 Å². The second-order valence-corrected chi connectivity index (χ2v) is 6.48. The number of carbonyl (C=O) groups is 1. The number of hydrogen-bond acceptors (Lipinski definition) is 6. The number of thioether (sulfide) groups is 2. The molecule has 1 aromatic rings. The lowest BCUT2D eigenvalue weighted by Crippen LogP contribution is -2.33. The number of Topliss-reactive ketones (excluding diaryl/α,β-unsaturated/α-hetero) is 1. The molecule has 0 N–H and O–H groups in total. The zero-order chi connectivity index (χ0) is 13.0. The molecule has 6 heteroatoms. The van der Waals surface area contributed by atoms with Gasteiger partial charge in [0.25, 0.3) is 0 Å². The van der Waals surface area contributed by atoms with Gasteiger partial charge in [-0.1, -0.05) is 6.92 Å². The van der Waals surface area contributed by atoms with Gasteiger partial charge in [0.2, 0.25) is 11.7 Å². The van der Waals surface area contributed by atoms with Gasteiger partial charge < -0.3 is 4.74 Å². The van der Waals surface area contributed by atoms with Crippen LogP contribution < -0.4 is 4.74 Å². The number of hydrogen-bond donors (Lipinski definition) is 0. The third-order valence-electron chi connectivity index (χ3n) is 2.80. The summed E-state index contributed by atoms with van der Waals surface area (Å²) < 4.78 is 5.12. The van der Waals surface area contributed by atoms with Gasteiger partial charge in [0.05, 0.1) is 12.4 Å². The minimum absolute atomic E-state index is 0.0284. The molecule has 0 aliphatic carbocycles. The Labute approximate surface area is 115 Å². The van der Waals surface area contributed by atoms with Gasteiger partial charge in [0, 0.05) is 29.1 Å². The number of methoxy groups -OCH3 is 1. The van der Waals surface area contributed by atoms with Crippen molar-refractivity contribution in [1.29, 1.82) is 0 Å². The Hall–Kier alpha value is -0.750. The van der Waals surface area contributed by atoms with E-state index in [1.165, 1.54) is 19.5 Å². The molecule has 0 saturated carbocycles. The van der Waals surface area contributed by atoms with Crippen molar-refractivity contribution in [3.8, 4) is 5.88 Å². The summed E-state index contributed by atoms with van der Waals surface area (Å²) in [7, 11) is 1.51. The Morgan fingerprint density at radius 1 is 1.39 bits per heavy atom. The van der Waals surface area contributed by atoms with Crippen LogP contribution in [-0.4, -0.2) is 44.9 Å². The van der Waals surface area contributed by atoms with E-state index in [9.17, 15) is 4.79 Å². The van der Waals surface area contributed by atoms with E-state index in [1.54, 1.807) is 11.8 Å². The fraction of sp³-hybridized carbons (Fsp3) is 0.583. The highest BCUT2D eigenvalue weighted by molar-refractivity contribution is 8.07. The topological polar surface area (TPSA) is 52.1 Å². The zero-order valence-electron chi connectivity index (χ0n) is 10.5. The summed E-state index contributed by atoms with van der Waals surface area (Å²) in [5.74, 6) is 2.50. The lowest BCUT2D eigenvalue weighted by molar-refractivity contribution is 0.0979. The summed E-state index contributed by atoms with van der Waals surface area (Å²) >= 11 is 3.60. The molecule has 4 nitrogen and oxygen atoms in total. The standard InChI is InChI=1S/C12H16N2O2S2/c1-3-8-11(18-7-6-17-8)10(15)9-12(16-2)14-5-4-13-9/h4-5,8,11H,3,6-7H2,1-2H3. The summed E-state index contributed by atoms with van der Waals surface area (Å²) in [4.78, 5) is 20.7. The molecule has 0 aromatic carbocycles. The fourth-order valence-corrected chi connectivity index (χ4v) is 4.93. The minimum Gasteiger partial charge on any atom is -0.479 e. The molecule has 1 aliphatic heterocycles. The van der Waals surface area contributed by atoms with E-state index in [4.69, 9.17) is 4.74 Å². The molecular formula is C12H16N2O2S2. The first-order chi connectivity index (χ1) is 8.77. The molecular weight excluding hydrogens is 268 g/mol. The maximum atomic E-state index is 12.5. The Morgan fingerprint density at radius 2 is 2.11 bits per heavy atom. The van der Waals surface area contributed by atoms with Crippen LogP contribution in [0.4, 0.5) is 0 Å². The normalized spacial score (nSPS) is 23.7. The van der Waals surface area contributed by atoms with Crippen molar-refractivity contribution in [2.24, 2.45) is 0 Å². The number of nitrogens with zero attached hydrogens (tertiary/aromatic N) is 2. The number of ketones is 1. The van der Waals surface area contributed by atoms with E-state index in [1.807, 2.05) is 11.8 Å². The van der Waals surface area contributed by atoms with Crippen LogP contribution in [0.25, 0.3) is 0 Å². The summed E-state index contributed by atoms with van der Waals surface area (Å²) in [6.07, 6.45) is 4.07. The quantitative estimate of drug-likeness (QED) is 0.791. The molecule has 1 fully saturated rings. The summed E-state index contributed by atoms with van der Waals surface area (Å²) in [6, 6.07) is 0. The van der Waals surface area contributed by atoms with Gasteiger partial charge in [0.15, 0.2) is 5.69 Å². The number of ether oxygens (including phenoxy) is 1. The molecule has 0 bridgehead atoms. The minimum atomic E-state index is -0.0284. The van der Waals surface area contributed by atoms with E-state index >= 15 is 0 Å². The van der Waals surface area contributed by atoms with Gasteiger partial charge in [-0.25, -0.2) is 9.97 Å². The van der Waals surface area contributed by atoms with Crippen molar-refractivity contribution in [1.82, 2.24) is 9.97 Å². The van der Waals surface area contributed by atoms with Crippen molar-refractivity contribution >= 4 is 29.3 Å². The Kier molecular flexibility index (Phi) is 4.88. The molecule has 2 heterocycles. The summed E-state index contributed by atoms with van der Waals surface area (Å²) in [5.41, 5.74) is 0.360. The third-order valence-corrected chi connectivity index (χ3v) is 6.05. The van der Waals surface area contributed by atoms with Gasteiger partial charge in [-0.05, 0) is 6.42 Å². The van der Waals surface area contributed by atoms with E-state index < -0.39 is 0 Å². The Balaban J connectivity index is 2.24. The predicted molar refractivity (Wildman–Crippen MR) is 75.7 cm³/mol. The first-order valence-corrected chi connectivity index (χ1v) is 8.00. The third kappa shape index (κ3) is 2.80. The molecule has 18 heavy (non-hydrogen) atoms. The van der Waals surface area contributed by atoms with Gasteiger partial charge in [0.1, 0.15) is 0 Å². The Bertz CT molecular complexity index is 428. The van der Waals surface area contributed by atoms with Gasteiger partial charge in [-0.2, -0.15) is 11.8 Å². The van der Waals surface area contributed by atoms with Gasteiger partial charge in [-0.3, -0.25) is 4.79 Å². The van der Waals surface area contributed by atoms with Gasteiger partial charge >= 0.3 is 0 Å². The molecule has 2 unspecified atom stereocenters. The van der Waals surface area contributed by atoms with Crippen molar-refractivity contribution in [2.45, 2.75) is 23.8 Å². The fourth-order valence-electron chi connectivity index (χ4n) is 1.92. The molecule has 2 atom stereocenters. The number of carbonyl (C=O) groups excluding carboxylic acids is 1. The van der Waals surface area contributed by atoms with Crippen molar-refractivity contribution in [3.05, 3.63) is 18.1 Å². The zero-order valence-corrected chi connectivity index (χ0v) is 12.1. The average molecular weight is 284 g/mol. The van der Waals surface area contributed by atoms with Crippen molar-refractivity contribution < 1.29 is 9.53 Å². The highest BCUT2D eigenvalue weighted by atomic mass is 32.2. The van der Waals surface area contributed by atoms with Crippen molar-refractivity contribution in [3.63, 3.8) is 0 Å². The second kappa shape index (κ2) is 6.43. The summed E-state index contributed by atoms with van der Waals surface area (Å²) in [5, 5.41) is 0.335. The largest absolute Gasteiger partial charge is 0.479 e. The maximum absolute atomic E-state index is 12.5. The SMILES string of the molecule is CCC1SCCSC1C(=O)c1nccnc1OC. The van der Waals surface area contributed by atoms with E-state index in [0.717, 1.165) is 17.9 Å². The second-order valence-electron chi connectivity index (χ2n) is 3.89. The molecule has 0 radical (unpaired) electrons. The van der Waals surface area contributed by atoms with Crippen molar-refractivity contribution in [2.75, 3.05) is 18.6 Å².